The van der Waals surface area contributed by atoms with Gasteiger partial charge in [-0.05, 0) is 56.5 Å². The zero-order chi connectivity index (χ0) is 22.5. The molecule has 0 saturated carbocycles. The van der Waals surface area contributed by atoms with Crippen LogP contribution in [0.2, 0.25) is 5.02 Å². The molecule has 1 aromatic heterocycles. The molecular formula is C23H23ClN6OS. The molecule has 0 spiro atoms. The highest BCUT2D eigenvalue weighted by Crippen LogP contribution is 2.29. The van der Waals surface area contributed by atoms with Gasteiger partial charge in [-0.1, -0.05) is 41.1 Å². The van der Waals surface area contributed by atoms with E-state index in [0.717, 1.165) is 37.6 Å². The van der Waals surface area contributed by atoms with Crippen molar-refractivity contribution in [2.24, 2.45) is 0 Å². The number of carbonyl (C=O) groups is 1. The summed E-state index contributed by atoms with van der Waals surface area (Å²) in [5.41, 5.74) is 2.90. The molecule has 0 bridgehead atoms. The van der Waals surface area contributed by atoms with Gasteiger partial charge in [0.2, 0.25) is 11.9 Å². The van der Waals surface area contributed by atoms with Crippen molar-refractivity contribution in [1.82, 2.24) is 14.8 Å². The molecule has 2 aromatic carbocycles. The first kappa shape index (κ1) is 22.2. The predicted octanol–water partition coefficient (Wildman–Crippen LogP) is 4.82. The highest BCUT2D eigenvalue weighted by atomic mass is 35.5. The quantitative estimate of drug-likeness (QED) is 0.524. The first-order valence-electron chi connectivity index (χ1n) is 10.4. The Morgan fingerprint density at radius 3 is 2.62 bits per heavy atom. The van der Waals surface area contributed by atoms with Crippen molar-refractivity contribution in [2.75, 3.05) is 29.1 Å². The van der Waals surface area contributed by atoms with Gasteiger partial charge in [-0.2, -0.15) is 5.26 Å². The van der Waals surface area contributed by atoms with E-state index >= 15 is 0 Å². The van der Waals surface area contributed by atoms with E-state index in [2.05, 4.69) is 38.6 Å². The zero-order valence-corrected chi connectivity index (χ0v) is 19.3. The lowest BCUT2D eigenvalue weighted by Crippen LogP contribution is -2.31. The topological polar surface area (TPSA) is 86.8 Å². The van der Waals surface area contributed by atoms with Crippen molar-refractivity contribution < 1.29 is 4.79 Å². The van der Waals surface area contributed by atoms with Crippen molar-refractivity contribution in [3.05, 3.63) is 58.6 Å². The number of halogens is 1. The number of nitrogens with one attached hydrogen (secondary N) is 1. The Balaban J connectivity index is 1.55. The van der Waals surface area contributed by atoms with E-state index < -0.39 is 0 Å². The van der Waals surface area contributed by atoms with Gasteiger partial charge in [0, 0.05) is 18.1 Å². The summed E-state index contributed by atoms with van der Waals surface area (Å²) in [6.45, 7) is 3.94. The van der Waals surface area contributed by atoms with E-state index in [-0.39, 0.29) is 11.7 Å². The van der Waals surface area contributed by atoms with Crippen LogP contribution in [0.3, 0.4) is 0 Å². The number of amides is 1. The van der Waals surface area contributed by atoms with Crippen LogP contribution in [0.1, 0.15) is 30.4 Å². The number of aromatic nitrogens is 3. The highest BCUT2D eigenvalue weighted by molar-refractivity contribution is 7.99. The van der Waals surface area contributed by atoms with Gasteiger partial charge in [0.1, 0.15) is 6.07 Å². The van der Waals surface area contributed by atoms with Crippen LogP contribution in [0.5, 0.6) is 0 Å². The molecule has 1 amide bonds. The Morgan fingerprint density at radius 2 is 1.91 bits per heavy atom. The number of thioether (sulfide) groups is 1. The van der Waals surface area contributed by atoms with Gasteiger partial charge >= 0.3 is 0 Å². The van der Waals surface area contributed by atoms with Crippen LogP contribution in [0, 0.1) is 18.3 Å². The molecule has 1 saturated heterocycles. The first-order chi connectivity index (χ1) is 15.5. The van der Waals surface area contributed by atoms with Gasteiger partial charge in [-0.3, -0.25) is 9.36 Å². The molecular weight excluding hydrogens is 444 g/mol. The second kappa shape index (κ2) is 10.1. The lowest BCUT2D eigenvalue weighted by atomic mass is 10.1. The number of piperidine rings is 1. The number of aryl methyl sites for hydroxylation is 1. The third kappa shape index (κ3) is 5.06. The molecule has 32 heavy (non-hydrogen) atoms. The first-order valence-corrected chi connectivity index (χ1v) is 11.8. The molecule has 7 nitrogen and oxygen atoms in total. The molecule has 4 rings (SSSR count). The minimum Gasteiger partial charge on any atom is -0.341 e. The Bertz CT molecular complexity index is 1150. The summed E-state index contributed by atoms with van der Waals surface area (Å²) in [6, 6.07) is 15.0. The number of hydrogen-bond acceptors (Lipinski definition) is 6. The van der Waals surface area contributed by atoms with Crippen LogP contribution in [0.15, 0.2) is 47.6 Å². The molecule has 1 N–H and O–H groups in total. The Morgan fingerprint density at radius 1 is 1.16 bits per heavy atom. The predicted molar refractivity (Wildman–Crippen MR) is 128 cm³/mol. The van der Waals surface area contributed by atoms with Crippen molar-refractivity contribution in [1.29, 1.82) is 5.26 Å². The molecule has 0 aliphatic carbocycles. The Hall–Kier alpha value is -3.02. The summed E-state index contributed by atoms with van der Waals surface area (Å²) >= 11 is 7.32. The fourth-order valence-electron chi connectivity index (χ4n) is 3.61. The van der Waals surface area contributed by atoms with Gasteiger partial charge in [0.25, 0.3) is 0 Å². The van der Waals surface area contributed by atoms with E-state index in [0.29, 0.717) is 21.4 Å². The van der Waals surface area contributed by atoms with Crippen LogP contribution >= 0.6 is 23.4 Å². The van der Waals surface area contributed by atoms with Gasteiger partial charge in [-0.15, -0.1) is 10.2 Å². The molecule has 164 valence electrons. The van der Waals surface area contributed by atoms with Gasteiger partial charge < -0.3 is 10.2 Å². The fourth-order valence-corrected chi connectivity index (χ4v) is 4.53. The third-order valence-electron chi connectivity index (χ3n) is 5.26. The number of benzene rings is 2. The van der Waals surface area contributed by atoms with E-state index in [9.17, 15) is 10.1 Å². The molecule has 1 aliphatic rings. The van der Waals surface area contributed by atoms with Gasteiger partial charge in [0.15, 0.2) is 5.16 Å². The van der Waals surface area contributed by atoms with Crippen molar-refractivity contribution in [2.45, 2.75) is 31.3 Å². The summed E-state index contributed by atoms with van der Waals surface area (Å²) in [5.74, 6) is 0.686. The van der Waals surface area contributed by atoms with Gasteiger partial charge in [0.05, 0.1) is 22.7 Å². The SMILES string of the molecule is Cc1ccc(-n2c(SCC(=O)Nc3cc(Cl)ccc3C#N)nnc2N2CCCCC2)cc1. The van der Waals surface area contributed by atoms with E-state index in [1.807, 2.05) is 23.6 Å². The molecule has 9 heteroatoms. The smallest absolute Gasteiger partial charge is 0.234 e. The number of anilines is 2. The van der Waals surface area contributed by atoms with Crippen LogP contribution in [0.4, 0.5) is 11.6 Å². The molecule has 1 aliphatic heterocycles. The average Bonchev–Trinajstić information content (AvgIpc) is 3.23. The standard InChI is InChI=1S/C23H23ClN6OS/c1-16-5-9-19(10-6-16)30-22(29-11-3-2-4-12-29)27-28-23(30)32-15-21(31)26-20-13-18(24)8-7-17(20)14-25/h5-10,13H,2-4,11-12,15H2,1H3,(H,26,31). The Labute approximate surface area is 196 Å². The van der Waals surface area contributed by atoms with Crippen LogP contribution in [-0.2, 0) is 4.79 Å². The minimum atomic E-state index is -0.244. The van der Waals surface area contributed by atoms with Crippen molar-refractivity contribution in [3.63, 3.8) is 0 Å². The maximum atomic E-state index is 12.6. The summed E-state index contributed by atoms with van der Waals surface area (Å²) in [4.78, 5) is 14.9. The molecule has 0 atom stereocenters. The summed E-state index contributed by atoms with van der Waals surface area (Å²) in [6.07, 6.45) is 3.49. The number of rotatable bonds is 6. The van der Waals surface area contributed by atoms with Crippen molar-refractivity contribution >= 4 is 40.9 Å². The maximum absolute atomic E-state index is 12.6. The monoisotopic (exact) mass is 466 g/mol. The maximum Gasteiger partial charge on any atom is 0.234 e. The van der Waals surface area contributed by atoms with Crippen LogP contribution < -0.4 is 10.2 Å². The lowest BCUT2D eigenvalue weighted by molar-refractivity contribution is -0.113. The zero-order valence-electron chi connectivity index (χ0n) is 17.7. The van der Waals surface area contributed by atoms with Crippen molar-refractivity contribution in [3.8, 4) is 11.8 Å². The van der Waals surface area contributed by atoms with Crippen LogP contribution in [-0.4, -0.2) is 39.5 Å². The normalized spacial score (nSPS) is 13.6. The molecule has 2 heterocycles. The number of carbonyl (C=O) groups excluding carboxylic acids is 1. The average molecular weight is 467 g/mol. The van der Waals surface area contributed by atoms with E-state index in [1.54, 1.807) is 18.2 Å². The summed E-state index contributed by atoms with van der Waals surface area (Å²) in [7, 11) is 0. The fraction of sp³-hybridized carbons (Fsp3) is 0.304. The lowest BCUT2D eigenvalue weighted by Gasteiger charge is -2.27. The Kier molecular flexibility index (Phi) is 6.98. The van der Waals surface area contributed by atoms with Crippen LogP contribution in [0.25, 0.3) is 5.69 Å². The van der Waals surface area contributed by atoms with E-state index in [4.69, 9.17) is 11.6 Å². The number of nitriles is 1. The second-order valence-corrected chi connectivity index (χ2v) is 9.02. The molecule has 3 aromatic rings. The highest BCUT2D eigenvalue weighted by Gasteiger charge is 2.22. The summed E-state index contributed by atoms with van der Waals surface area (Å²) in [5, 5.41) is 22.0. The molecule has 0 unspecified atom stereocenters. The van der Waals surface area contributed by atoms with E-state index in [1.165, 1.54) is 23.7 Å². The summed E-state index contributed by atoms with van der Waals surface area (Å²) < 4.78 is 2.02. The largest absolute Gasteiger partial charge is 0.341 e. The number of hydrogen-bond donors (Lipinski definition) is 1. The van der Waals surface area contributed by atoms with Gasteiger partial charge in [-0.25, -0.2) is 0 Å². The minimum absolute atomic E-state index is 0.126. The molecule has 1 fully saturated rings. The second-order valence-electron chi connectivity index (χ2n) is 7.64. The number of nitrogens with zero attached hydrogens (tertiary/aromatic N) is 5. The molecule has 0 radical (unpaired) electrons. The third-order valence-corrected chi connectivity index (χ3v) is 6.42.